The average Bonchev–Trinajstić information content (AvgIpc) is 2.60. The topological polar surface area (TPSA) is 58.9 Å². The van der Waals surface area contributed by atoms with Gasteiger partial charge in [-0.05, 0) is 28.1 Å². The van der Waals surface area contributed by atoms with Gasteiger partial charge in [0.2, 0.25) is 0 Å². The molecule has 0 unspecified atom stereocenters. The highest BCUT2D eigenvalue weighted by atomic mass is 79.9. The van der Waals surface area contributed by atoms with Crippen molar-refractivity contribution in [3.05, 3.63) is 38.8 Å². The quantitative estimate of drug-likeness (QED) is 0.812. The molecule has 0 saturated heterocycles. The van der Waals surface area contributed by atoms with E-state index < -0.39 is 17.4 Å². The van der Waals surface area contributed by atoms with Crippen LogP contribution in [-0.4, -0.2) is 10.1 Å². The van der Waals surface area contributed by atoms with Crippen LogP contribution < -0.4 is 5.76 Å². The molecule has 78 valence electrons. The molecule has 1 N–H and O–H groups in total. The molecule has 0 fully saturated rings. The van der Waals surface area contributed by atoms with Crippen molar-refractivity contribution in [1.29, 1.82) is 0 Å². The van der Waals surface area contributed by atoms with Crippen molar-refractivity contribution in [2.45, 2.75) is 0 Å². The molecule has 2 aromatic rings. The smallest absolute Gasteiger partial charge is 0.296 e. The zero-order chi connectivity index (χ0) is 11.0. The van der Waals surface area contributed by atoms with Gasteiger partial charge in [0.1, 0.15) is 11.6 Å². The Labute approximate surface area is 90.0 Å². The minimum Gasteiger partial charge on any atom is -0.296 e. The molecule has 7 heteroatoms. The fourth-order valence-corrected chi connectivity index (χ4v) is 1.28. The SMILES string of the molecule is O=c1[nH]c(-c2cc(F)c(Br)c(F)c2)no1. The second kappa shape index (κ2) is 3.58. The molecule has 2 rings (SSSR count). The van der Waals surface area contributed by atoms with Crippen molar-refractivity contribution in [3.63, 3.8) is 0 Å². The summed E-state index contributed by atoms with van der Waals surface area (Å²) in [7, 11) is 0. The van der Waals surface area contributed by atoms with Gasteiger partial charge in [0.15, 0.2) is 5.82 Å². The molecule has 1 aromatic heterocycles. The van der Waals surface area contributed by atoms with Crippen LogP contribution in [0.5, 0.6) is 0 Å². The highest BCUT2D eigenvalue weighted by molar-refractivity contribution is 9.10. The summed E-state index contributed by atoms with van der Waals surface area (Å²) in [5, 5.41) is 3.31. The van der Waals surface area contributed by atoms with E-state index in [0.29, 0.717) is 0 Å². The average molecular weight is 277 g/mol. The van der Waals surface area contributed by atoms with Crippen LogP contribution in [0.15, 0.2) is 25.9 Å². The molecule has 0 aliphatic rings. The zero-order valence-corrected chi connectivity index (χ0v) is 8.64. The van der Waals surface area contributed by atoms with E-state index in [1.165, 1.54) is 0 Å². The first kappa shape index (κ1) is 10.0. The predicted molar refractivity (Wildman–Crippen MR) is 50.2 cm³/mol. The van der Waals surface area contributed by atoms with Gasteiger partial charge in [-0.25, -0.2) is 13.6 Å². The summed E-state index contributed by atoms with van der Waals surface area (Å²) >= 11 is 2.73. The highest BCUT2D eigenvalue weighted by Crippen LogP contribution is 2.24. The minimum atomic E-state index is -0.784. The van der Waals surface area contributed by atoms with E-state index in [-0.39, 0.29) is 15.9 Å². The Kier molecular flexibility index (Phi) is 2.39. The molecule has 0 aliphatic heterocycles. The summed E-state index contributed by atoms with van der Waals surface area (Å²) in [5.74, 6) is -2.37. The second-order valence-corrected chi connectivity index (χ2v) is 3.49. The van der Waals surface area contributed by atoms with Crippen molar-refractivity contribution >= 4 is 15.9 Å². The molecule has 0 amide bonds. The molecule has 0 radical (unpaired) electrons. The Morgan fingerprint density at radius 3 is 2.40 bits per heavy atom. The van der Waals surface area contributed by atoms with Crippen LogP contribution in [0.4, 0.5) is 8.78 Å². The van der Waals surface area contributed by atoms with Gasteiger partial charge in [-0.1, -0.05) is 5.16 Å². The Balaban J connectivity index is 2.59. The maximum atomic E-state index is 13.1. The number of halogens is 3. The molecular formula is C8H3BrF2N2O2. The Bertz CT molecular complexity index is 541. The number of nitrogens with zero attached hydrogens (tertiary/aromatic N) is 1. The van der Waals surface area contributed by atoms with E-state index in [1.54, 1.807) is 0 Å². The second-order valence-electron chi connectivity index (χ2n) is 2.70. The molecular weight excluding hydrogens is 274 g/mol. The van der Waals surface area contributed by atoms with Crippen LogP contribution in [0.3, 0.4) is 0 Å². The zero-order valence-electron chi connectivity index (χ0n) is 7.05. The van der Waals surface area contributed by atoms with Crippen LogP contribution >= 0.6 is 15.9 Å². The number of nitrogens with one attached hydrogen (secondary N) is 1. The number of benzene rings is 1. The van der Waals surface area contributed by atoms with E-state index >= 15 is 0 Å². The predicted octanol–water partition coefficient (Wildman–Crippen LogP) is 2.07. The summed E-state index contributed by atoms with van der Waals surface area (Å²) in [6.07, 6.45) is 0. The number of rotatable bonds is 1. The minimum absolute atomic E-state index is 0.0229. The Hall–Kier alpha value is -1.50. The van der Waals surface area contributed by atoms with Crippen molar-refractivity contribution < 1.29 is 13.3 Å². The Morgan fingerprint density at radius 2 is 1.93 bits per heavy atom. The normalized spacial score (nSPS) is 10.6. The van der Waals surface area contributed by atoms with Gasteiger partial charge in [0.05, 0.1) is 4.47 Å². The van der Waals surface area contributed by atoms with E-state index in [0.717, 1.165) is 12.1 Å². The summed E-state index contributed by atoms with van der Waals surface area (Å²) in [6, 6.07) is 2.06. The first-order valence-corrected chi connectivity index (χ1v) is 4.58. The summed E-state index contributed by atoms with van der Waals surface area (Å²) in [5.41, 5.74) is 0.0963. The molecule has 0 atom stereocenters. The molecule has 15 heavy (non-hydrogen) atoms. The standard InChI is InChI=1S/C8H3BrF2N2O2/c9-6-4(10)1-3(2-5(6)11)7-12-8(14)15-13-7/h1-2H,(H,12,13,14). The van der Waals surface area contributed by atoms with Crippen LogP contribution in [0.25, 0.3) is 11.4 Å². The van der Waals surface area contributed by atoms with Crippen LogP contribution in [0.2, 0.25) is 0 Å². The number of aromatic amines is 1. The van der Waals surface area contributed by atoms with Crippen molar-refractivity contribution in [2.75, 3.05) is 0 Å². The monoisotopic (exact) mass is 276 g/mol. The van der Waals surface area contributed by atoms with Gasteiger partial charge in [0, 0.05) is 5.56 Å². The first-order chi connectivity index (χ1) is 7.08. The van der Waals surface area contributed by atoms with Crippen molar-refractivity contribution in [3.8, 4) is 11.4 Å². The van der Waals surface area contributed by atoms with Crippen LogP contribution in [0.1, 0.15) is 0 Å². The maximum absolute atomic E-state index is 13.1. The lowest BCUT2D eigenvalue weighted by atomic mass is 10.2. The summed E-state index contributed by atoms with van der Waals surface area (Å²) in [4.78, 5) is 12.8. The summed E-state index contributed by atoms with van der Waals surface area (Å²) < 4.78 is 30.1. The third-order valence-corrected chi connectivity index (χ3v) is 2.46. The third-order valence-electron chi connectivity index (χ3n) is 1.70. The molecule has 0 saturated carbocycles. The van der Waals surface area contributed by atoms with E-state index in [1.807, 2.05) is 0 Å². The maximum Gasteiger partial charge on any atom is 0.439 e. The molecule has 1 heterocycles. The highest BCUT2D eigenvalue weighted by Gasteiger charge is 2.12. The number of hydrogen-bond acceptors (Lipinski definition) is 3. The molecule has 1 aromatic carbocycles. The fourth-order valence-electron chi connectivity index (χ4n) is 1.05. The summed E-state index contributed by atoms with van der Waals surface area (Å²) in [6.45, 7) is 0. The van der Waals surface area contributed by atoms with Gasteiger partial charge in [-0.2, -0.15) is 0 Å². The Morgan fingerprint density at radius 1 is 1.33 bits per heavy atom. The van der Waals surface area contributed by atoms with Crippen molar-refractivity contribution in [2.24, 2.45) is 0 Å². The molecule has 0 aliphatic carbocycles. The van der Waals surface area contributed by atoms with Gasteiger partial charge < -0.3 is 0 Å². The van der Waals surface area contributed by atoms with Gasteiger partial charge in [-0.15, -0.1) is 0 Å². The van der Waals surface area contributed by atoms with E-state index in [4.69, 9.17) is 0 Å². The molecule has 0 spiro atoms. The number of H-pyrrole nitrogens is 1. The van der Waals surface area contributed by atoms with Gasteiger partial charge >= 0.3 is 5.76 Å². The fraction of sp³-hybridized carbons (Fsp3) is 0. The van der Waals surface area contributed by atoms with Crippen LogP contribution in [0, 0.1) is 11.6 Å². The largest absolute Gasteiger partial charge is 0.439 e. The van der Waals surface area contributed by atoms with Gasteiger partial charge in [-0.3, -0.25) is 9.51 Å². The molecule has 4 nitrogen and oxygen atoms in total. The lowest BCUT2D eigenvalue weighted by Gasteiger charge is -1.99. The van der Waals surface area contributed by atoms with Gasteiger partial charge in [0.25, 0.3) is 0 Å². The third kappa shape index (κ3) is 1.82. The molecule has 0 bridgehead atoms. The van der Waals surface area contributed by atoms with Crippen LogP contribution in [-0.2, 0) is 0 Å². The van der Waals surface area contributed by atoms with E-state index in [9.17, 15) is 13.6 Å². The number of aromatic nitrogens is 2. The lowest BCUT2D eigenvalue weighted by Crippen LogP contribution is -1.95. The lowest BCUT2D eigenvalue weighted by molar-refractivity contribution is 0.388. The first-order valence-electron chi connectivity index (χ1n) is 3.79. The number of hydrogen-bond donors (Lipinski definition) is 1. The van der Waals surface area contributed by atoms with Crippen molar-refractivity contribution in [1.82, 2.24) is 10.1 Å². The van der Waals surface area contributed by atoms with E-state index in [2.05, 4.69) is 30.6 Å².